The maximum atomic E-state index is 5.97. The third kappa shape index (κ3) is 3.22. The van der Waals surface area contributed by atoms with E-state index in [9.17, 15) is 0 Å². The predicted molar refractivity (Wildman–Crippen MR) is 59.8 cm³/mol. The van der Waals surface area contributed by atoms with Crippen LogP contribution in [0.15, 0.2) is 29.8 Å². The second-order valence-corrected chi connectivity index (χ2v) is 4.05. The number of benzene rings is 1. The van der Waals surface area contributed by atoms with Crippen molar-refractivity contribution < 1.29 is 0 Å². The molecule has 0 aliphatic heterocycles. The van der Waals surface area contributed by atoms with E-state index in [1.54, 1.807) is 6.07 Å². The van der Waals surface area contributed by atoms with Crippen LogP contribution in [-0.4, -0.2) is 0 Å². The first kappa shape index (κ1) is 10.9. The summed E-state index contributed by atoms with van der Waals surface area (Å²) in [7, 11) is 0. The second-order valence-electron chi connectivity index (χ2n) is 2.73. The van der Waals surface area contributed by atoms with Gasteiger partial charge in [0, 0.05) is 5.03 Å². The lowest BCUT2D eigenvalue weighted by Gasteiger charge is -2.04. The highest BCUT2D eigenvalue weighted by Crippen LogP contribution is 2.27. The van der Waals surface area contributed by atoms with Crippen molar-refractivity contribution in [2.24, 2.45) is 0 Å². The molecule has 3 heteroatoms. The monoisotopic (exact) mass is 234 g/mol. The molecule has 13 heavy (non-hydrogen) atoms. The second kappa shape index (κ2) is 4.90. The molecule has 0 nitrogen and oxygen atoms in total. The Bertz CT molecular complexity index is 318. The highest BCUT2D eigenvalue weighted by molar-refractivity contribution is 6.42. The zero-order chi connectivity index (χ0) is 9.84. The Morgan fingerprint density at radius 2 is 2.00 bits per heavy atom. The maximum absolute atomic E-state index is 5.97. The van der Waals surface area contributed by atoms with Crippen LogP contribution in [-0.2, 0) is 6.42 Å². The molecule has 0 fully saturated rings. The van der Waals surface area contributed by atoms with E-state index in [0.717, 1.165) is 18.4 Å². The summed E-state index contributed by atoms with van der Waals surface area (Å²) in [6.07, 6.45) is 1.50. The average Bonchev–Trinajstić information content (AvgIpc) is 2.07. The van der Waals surface area contributed by atoms with Gasteiger partial charge in [-0.2, -0.15) is 0 Å². The van der Waals surface area contributed by atoms with Gasteiger partial charge in [-0.1, -0.05) is 53.5 Å². The summed E-state index contributed by atoms with van der Waals surface area (Å²) in [4.78, 5) is 0. The fourth-order valence-electron chi connectivity index (χ4n) is 1.01. The molecule has 70 valence electrons. The number of hydrogen-bond acceptors (Lipinski definition) is 0. The molecule has 0 aromatic heterocycles. The summed E-state index contributed by atoms with van der Waals surface area (Å²) in [6, 6.07) is 5.58. The van der Waals surface area contributed by atoms with Crippen molar-refractivity contribution in [1.29, 1.82) is 0 Å². The van der Waals surface area contributed by atoms with Crippen LogP contribution < -0.4 is 0 Å². The lowest BCUT2D eigenvalue weighted by molar-refractivity contribution is 0.990. The van der Waals surface area contributed by atoms with E-state index in [1.165, 1.54) is 0 Å². The van der Waals surface area contributed by atoms with Crippen molar-refractivity contribution in [3.8, 4) is 0 Å². The van der Waals surface area contributed by atoms with Crippen LogP contribution in [0.4, 0.5) is 0 Å². The van der Waals surface area contributed by atoms with Gasteiger partial charge in [0.1, 0.15) is 0 Å². The number of rotatable bonds is 3. The van der Waals surface area contributed by atoms with E-state index in [1.807, 2.05) is 12.1 Å². The highest BCUT2D eigenvalue weighted by Gasteiger charge is 2.03. The first-order valence-corrected chi connectivity index (χ1v) is 5.01. The smallest absolute Gasteiger partial charge is 0.0624 e. The molecule has 0 radical (unpaired) electrons. The van der Waals surface area contributed by atoms with E-state index < -0.39 is 0 Å². The van der Waals surface area contributed by atoms with Crippen LogP contribution in [0.1, 0.15) is 12.0 Å². The van der Waals surface area contributed by atoms with Gasteiger partial charge in [-0.15, -0.1) is 0 Å². The third-order valence-corrected chi connectivity index (χ3v) is 2.74. The number of allylic oxidation sites excluding steroid dienone is 1. The fourth-order valence-corrected chi connectivity index (χ4v) is 1.52. The molecular weight excluding hydrogens is 226 g/mol. The van der Waals surface area contributed by atoms with Crippen molar-refractivity contribution in [1.82, 2.24) is 0 Å². The van der Waals surface area contributed by atoms with E-state index >= 15 is 0 Å². The Balaban J connectivity index is 2.77. The molecule has 0 amide bonds. The standard InChI is InChI=1S/C10H9Cl3/c1-7(11)5-6-8-3-2-4-9(12)10(8)13/h2-4H,1,5-6H2. The van der Waals surface area contributed by atoms with E-state index in [0.29, 0.717) is 15.1 Å². The minimum Gasteiger partial charge on any atom is -0.0898 e. The Morgan fingerprint density at radius 1 is 1.31 bits per heavy atom. The first-order valence-electron chi connectivity index (χ1n) is 3.87. The summed E-state index contributed by atoms with van der Waals surface area (Å²) >= 11 is 17.5. The number of aryl methyl sites for hydroxylation is 1. The van der Waals surface area contributed by atoms with Crippen molar-refractivity contribution in [3.05, 3.63) is 45.4 Å². The molecule has 0 unspecified atom stereocenters. The van der Waals surface area contributed by atoms with Gasteiger partial charge in [0.25, 0.3) is 0 Å². The van der Waals surface area contributed by atoms with E-state index in [4.69, 9.17) is 34.8 Å². The predicted octanol–water partition coefficient (Wildman–Crippen LogP) is 4.68. The third-order valence-electron chi connectivity index (χ3n) is 1.70. The molecule has 0 bridgehead atoms. The van der Waals surface area contributed by atoms with Crippen molar-refractivity contribution >= 4 is 34.8 Å². The van der Waals surface area contributed by atoms with Crippen LogP contribution in [0.5, 0.6) is 0 Å². The normalized spacial score (nSPS) is 10.1. The van der Waals surface area contributed by atoms with Gasteiger partial charge in [-0.05, 0) is 24.5 Å². The van der Waals surface area contributed by atoms with Gasteiger partial charge < -0.3 is 0 Å². The molecule has 0 aliphatic rings. The zero-order valence-corrected chi connectivity index (χ0v) is 9.26. The quantitative estimate of drug-likeness (QED) is 0.714. The molecule has 1 rings (SSSR count). The van der Waals surface area contributed by atoms with Gasteiger partial charge in [0.15, 0.2) is 0 Å². The summed E-state index contributed by atoms with van der Waals surface area (Å²) in [5.41, 5.74) is 1.01. The lowest BCUT2D eigenvalue weighted by atomic mass is 10.1. The van der Waals surface area contributed by atoms with Gasteiger partial charge in [-0.3, -0.25) is 0 Å². The van der Waals surface area contributed by atoms with Crippen LogP contribution in [0.3, 0.4) is 0 Å². The summed E-state index contributed by atoms with van der Waals surface area (Å²) in [5, 5.41) is 1.83. The zero-order valence-electron chi connectivity index (χ0n) is 6.99. The molecule has 0 atom stereocenters. The topological polar surface area (TPSA) is 0 Å². The fraction of sp³-hybridized carbons (Fsp3) is 0.200. The maximum Gasteiger partial charge on any atom is 0.0624 e. The van der Waals surface area contributed by atoms with Crippen LogP contribution in [0.2, 0.25) is 10.0 Å². The summed E-state index contributed by atoms with van der Waals surface area (Å²) in [6.45, 7) is 3.61. The SMILES string of the molecule is C=C(Cl)CCc1cccc(Cl)c1Cl. The minimum absolute atomic E-state index is 0.583. The van der Waals surface area contributed by atoms with Crippen LogP contribution >= 0.6 is 34.8 Å². The summed E-state index contributed by atoms with van der Waals surface area (Å²) in [5.74, 6) is 0. The molecular formula is C10H9Cl3. The minimum atomic E-state index is 0.583. The molecule has 1 aromatic carbocycles. The van der Waals surface area contributed by atoms with Crippen molar-refractivity contribution in [3.63, 3.8) is 0 Å². The van der Waals surface area contributed by atoms with Crippen LogP contribution in [0, 0.1) is 0 Å². The summed E-state index contributed by atoms with van der Waals surface area (Å²) < 4.78 is 0. The molecule has 0 N–H and O–H groups in total. The van der Waals surface area contributed by atoms with E-state index in [2.05, 4.69) is 6.58 Å². The van der Waals surface area contributed by atoms with E-state index in [-0.39, 0.29) is 0 Å². The molecule has 0 heterocycles. The molecule has 0 aliphatic carbocycles. The number of halogens is 3. The Labute approximate surface area is 93.1 Å². The van der Waals surface area contributed by atoms with Crippen molar-refractivity contribution in [2.45, 2.75) is 12.8 Å². The molecule has 0 spiro atoms. The first-order chi connectivity index (χ1) is 6.11. The average molecular weight is 236 g/mol. The highest BCUT2D eigenvalue weighted by atomic mass is 35.5. The Kier molecular flexibility index (Phi) is 4.11. The lowest BCUT2D eigenvalue weighted by Crippen LogP contribution is -1.86. The van der Waals surface area contributed by atoms with Gasteiger partial charge in [0.05, 0.1) is 10.0 Å². The molecule has 0 saturated heterocycles. The Hall–Kier alpha value is -0.170. The Morgan fingerprint density at radius 3 is 2.62 bits per heavy atom. The van der Waals surface area contributed by atoms with Gasteiger partial charge >= 0.3 is 0 Å². The van der Waals surface area contributed by atoms with Gasteiger partial charge in [0.2, 0.25) is 0 Å². The van der Waals surface area contributed by atoms with Gasteiger partial charge in [-0.25, -0.2) is 0 Å². The van der Waals surface area contributed by atoms with Crippen molar-refractivity contribution in [2.75, 3.05) is 0 Å². The molecule has 1 aromatic rings. The molecule has 0 saturated carbocycles. The largest absolute Gasteiger partial charge is 0.0898 e. The van der Waals surface area contributed by atoms with Crippen LogP contribution in [0.25, 0.3) is 0 Å². The number of hydrogen-bond donors (Lipinski definition) is 0.